The Kier molecular flexibility index (Phi) is 4.26. The van der Waals surface area contributed by atoms with E-state index in [1.54, 1.807) is 0 Å². The summed E-state index contributed by atoms with van der Waals surface area (Å²) >= 11 is 0. The first-order chi connectivity index (χ1) is 4.88. The lowest BCUT2D eigenvalue weighted by molar-refractivity contribution is 0.597. The van der Waals surface area contributed by atoms with E-state index in [0.29, 0.717) is 6.04 Å². The minimum Gasteiger partial charge on any atom is -0.242 e. The lowest BCUT2D eigenvalue weighted by atomic mass is 10.3. The Balaban J connectivity index is 3.88. The van der Waals surface area contributed by atoms with Crippen molar-refractivity contribution in [2.45, 2.75) is 51.8 Å². The summed E-state index contributed by atoms with van der Waals surface area (Å²) in [5, 5.41) is 0. The van der Waals surface area contributed by atoms with Crippen LogP contribution in [0.1, 0.15) is 41.0 Å². The van der Waals surface area contributed by atoms with Gasteiger partial charge in [-0.25, -0.2) is 8.93 Å². The Morgan fingerprint density at radius 1 is 1.45 bits per heavy atom. The van der Waals surface area contributed by atoms with Crippen molar-refractivity contribution in [1.29, 1.82) is 0 Å². The third-order valence-corrected chi connectivity index (χ3v) is 3.21. The van der Waals surface area contributed by atoms with Gasteiger partial charge in [0.1, 0.15) is 0 Å². The highest BCUT2D eigenvalue weighted by Crippen LogP contribution is 2.09. The second kappa shape index (κ2) is 4.21. The molecule has 0 aliphatic carbocycles. The van der Waals surface area contributed by atoms with Gasteiger partial charge in [0.05, 0.1) is 15.7 Å². The van der Waals surface area contributed by atoms with Crippen molar-refractivity contribution in [3.63, 3.8) is 0 Å². The molecule has 0 fully saturated rings. The second-order valence-electron chi connectivity index (χ2n) is 3.81. The van der Waals surface area contributed by atoms with Crippen LogP contribution in [0.25, 0.3) is 0 Å². The molecule has 3 heteroatoms. The molecule has 0 amide bonds. The number of hydrogen-bond acceptors (Lipinski definition) is 1. The third-order valence-electron chi connectivity index (χ3n) is 1.48. The van der Waals surface area contributed by atoms with Crippen LogP contribution in [0.5, 0.6) is 0 Å². The molecule has 2 atom stereocenters. The fourth-order valence-corrected chi connectivity index (χ4v) is 1.33. The first-order valence-electron chi connectivity index (χ1n) is 4.06. The van der Waals surface area contributed by atoms with Crippen molar-refractivity contribution in [3.05, 3.63) is 0 Å². The van der Waals surface area contributed by atoms with Gasteiger partial charge in [-0.05, 0) is 34.1 Å². The summed E-state index contributed by atoms with van der Waals surface area (Å²) in [6.45, 7) is 10.0. The van der Waals surface area contributed by atoms with E-state index >= 15 is 0 Å². The van der Waals surface area contributed by atoms with Crippen LogP contribution in [0.3, 0.4) is 0 Å². The maximum Gasteiger partial charge on any atom is 0.0972 e. The highest BCUT2D eigenvalue weighted by atomic mass is 32.2. The molecule has 0 aliphatic rings. The van der Waals surface area contributed by atoms with E-state index in [1.807, 2.05) is 27.7 Å². The van der Waals surface area contributed by atoms with E-state index in [0.717, 1.165) is 6.42 Å². The van der Waals surface area contributed by atoms with Crippen molar-refractivity contribution < 1.29 is 4.21 Å². The van der Waals surface area contributed by atoms with Gasteiger partial charge in [0.25, 0.3) is 0 Å². The van der Waals surface area contributed by atoms with E-state index in [4.69, 9.17) is 0 Å². The van der Waals surface area contributed by atoms with Crippen molar-refractivity contribution in [1.82, 2.24) is 4.72 Å². The van der Waals surface area contributed by atoms with Gasteiger partial charge in [-0.1, -0.05) is 6.92 Å². The largest absolute Gasteiger partial charge is 0.242 e. The van der Waals surface area contributed by atoms with Gasteiger partial charge in [-0.15, -0.1) is 0 Å². The van der Waals surface area contributed by atoms with Crippen molar-refractivity contribution in [2.24, 2.45) is 0 Å². The van der Waals surface area contributed by atoms with Gasteiger partial charge in [-0.2, -0.15) is 0 Å². The molecular weight excluding hydrogens is 158 g/mol. The van der Waals surface area contributed by atoms with Gasteiger partial charge in [-0.3, -0.25) is 0 Å². The van der Waals surface area contributed by atoms with E-state index in [9.17, 15) is 4.21 Å². The Bertz CT molecular complexity index is 140. The summed E-state index contributed by atoms with van der Waals surface area (Å²) in [7, 11) is -0.917. The minimum atomic E-state index is -0.917. The summed E-state index contributed by atoms with van der Waals surface area (Å²) in [6.07, 6.45) is 1.02. The van der Waals surface area contributed by atoms with Crippen LogP contribution in [0, 0.1) is 0 Å². The summed E-state index contributed by atoms with van der Waals surface area (Å²) in [6, 6.07) is 0.343. The Hall–Kier alpha value is 0.110. The summed E-state index contributed by atoms with van der Waals surface area (Å²) in [4.78, 5) is 0. The van der Waals surface area contributed by atoms with Crippen LogP contribution in [-0.2, 0) is 11.0 Å². The zero-order valence-electron chi connectivity index (χ0n) is 8.10. The third kappa shape index (κ3) is 4.53. The molecule has 0 saturated carbocycles. The lowest BCUT2D eigenvalue weighted by Gasteiger charge is -2.20. The molecule has 0 spiro atoms. The van der Waals surface area contributed by atoms with Crippen LogP contribution < -0.4 is 4.72 Å². The lowest BCUT2D eigenvalue weighted by Crippen LogP contribution is -2.38. The highest BCUT2D eigenvalue weighted by Gasteiger charge is 2.20. The molecule has 1 N–H and O–H groups in total. The molecule has 2 nitrogen and oxygen atoms in total. The summed E-state index contributed by atoms with van der Waals surface area (Å²) < 4.78 is 14.3. The van der Waals surface area contributed by atoms with E-state index in [1.165, 1.54) is 0 Å². The normalized spacial score (nSPS) is 17.9. The molecule has 0 radical (unpaired) electrons. The monoisotopic (exact) mass is 177 g/mol. The molecule has 0 aliphatic heterocycles. The molecule has 0 aromatic carbocycles. The fourth-order valence-electron chi connectivity index (χ4n) is 0.443. The van der Waals surface area contributed by atoms with Gasteiger partial charge in [0, 0.05) is 6.04 Å². The topological polar surface area (TPSA) is 29.1 Å². The predicted octanol–water partition coefficient (Wildman–Crippen LogP) is 1.84. The van der Waals surface area contributed by atoms with Crippen molar-refractivity contribution in [3.8, 4) is 0 Å². The zero-order chi connectivity index (χ0) is 9.07. The van der Waals surface area contributed by atoms with Crippen LogP contribution in [-0.4, -0.2) is 15.0 Å². The summed E-state index contributed by atoms with van der Waals surface area (Å²) in [5.41, 5.74) is 0. The minimum absolute atomic E-state index is 0.149. The average Bonchev–Trinajstić information content (AvgIpc) is 1.85. The molecule has 0 aromatic rings. The van der Waals surface area contributed by atoms with Gasteiger partial charge in [0.15, 0.2) is 0 Å². The molecule has 11 heavy (non-hydrogen) atoms. The Labute approximate surface area is 72.4 Å². The number of rotatable bonds is 3. The summed E-state index contributed by atoms with van der Waals surface area (Å²) in [5.74, 6) is 0. The van der Waals surface area contributed by atoms with E-state index in [-0.39, 0.29) is 4.75 Å². The van der Waals surface area contributed by atoms with Crippen LogP contribution in [0.2, 0.25) is 0 Å². The van der Waals surface area contributed by atoms with Gasteiger partial charge >= 0.3 is 0 Å². The zero-order valence-corrected chi connectivity index (χ0v) is 8.92. The van der Waals surface area contributed by atoms with E-state index in [2.05, 4.69) is 11.6 Å². The first-order valence-corrected chi connectivity index (χ1v) is 5.21. The molecule has 0 saturated heterocycles. The fraction of sp³-hybridized carbons (Fsp3) is 1.00. The van der Waals surface area contributed by atoms with Crippen LogP contribution in [0.4, 0.5) is 0 Å². The number of hydrogen-bond donors (Lipinski definition) is 1. The van der Waals surface area contributed by atoms with E-state index < -0.39 is 11.0 Å². The average molecular weight is 177 g/mol. The molecule has 2 unspecified atom stereocenters. The maximum absolute atomic E-state index is 11.4. The van der Waals surface area contributed by atoms with Gasteiger partial charge < -0.3 is 0 Å². The predicted molar refractivity (Wildman–Crippen MR) is 50.8 cm³/mol. The van der Waals surface area contributed by atoms with Crippen LogP contribution >= 0.6 is 0 Å². The molecule has 68 valence electrons. The quantitative estimate of drug-likeness (QED) is 0.700. The smallest absolute Gasteiger partial charge is 0.0972 e. The van der Waals surface area contributed by atoms with Crippen molar-refractivity contribution in [2.75, 3.05) is 0 Å². The second-order valence-corrected chi connectivity index (χ2v) is 5.81. The molecule has 0 bridgehead atoms. The van der Waals surface area contributed by atoms with Crippen molar-refractivity contribution >= 4 is 11.0 Å². The SMILES string of the molecule is CCC(C)NS(=O)C(C)(C)C. The molecule has 0 rings (SSSR count). The first kappa shape index (κ1) is 11.1. The Morgan fingerprint density at radius 3 is 2.18 bits per heavy atom. The molecule has 0 aromatic heterocycles. The van der Waals surface area contributed by atoms with Crippen LogP contribution in [0.15, 0.2) is 0 Å². The molecular formula is C8H19NOS. The Morgan fingerprint density at radius 2 is 1.91 bits per heavy atom. The highest BCUT2D eigenvalue weighted by molar-refractivity contribution is 7.84. The maximum atomic E-state index is 11.4. The molecule has 0 heterocycles. The number of nitrogens with one attached hydrogen (secondary N) is 1. The standard InChI is InChI=1S/C8H19NOS/c1-6-7(2)9-11(10)8(3,4)5/h7,9H,6H2,1-5H3. The van der Waals surface area contributed by atoms with Gasteiger partial charge in [0.2, 0.25) is 0 Å².